The van der Waals surface area contributed by atoms with Crippen molar-refractivity contribution in [3.63, 3.8) is 0 Å². The SMILES string of the molecule is Cc1ccc(C)c2sc(N(CCCN3CCOCC3)C(=O)c3cc4ccccc4o3)nc12. The lowest BCUT2D eigenvalue weighted by molar-refractivity contribution is 0.0376. The number of carbonyl (C=O) groups excluding carboxylic acids is 1. The fraction of sp³-hybridized carbons (Fsp3) is 0.360. The zero-order valence-corrected chi connectivity index (χ0v) is 19.3. The summed E-state index contributed by atoms with van der Waals surface area (Å²) < 4.78 is 12.5. The van der Waals surface area contributed by atoms with Crippen molar-refractivity contribution in [2.24, 2.45) is 0 Å². The number of furan rings is 1. The Morgan fingerprint density at radius 2 is 1.91 bits per heavy atom. The first kappa shape index (κ1) is 21.1. The van der Waals surface area contributed by atoms with Gasteiger partial charge in [0.1, 0.15) is 5.58 Å². The summed E-state index contributed by atoms with van der Waals surface area (Å²) in [6.07, 6.45) is 0.861. The van der Waals surface area contributed by atoms with Crippen LogP contribution in [0.3, 0.4) is 0 Å². The molecule has 2 aromatic heterocycles. The number of morpholine rings is 1. The number of para-hydroxylation sites is 1. The van der Waals surface area contributed by atoms with E-state index in [9.17, 15) is 4.79 Å². The molecule has 1 aliphatic heterocycles. The fourth-order valence-electron chi connectivity index (χ4n) is 4.14. The molecular weight excluding hydrogens is 422 g/mol. The van der Waals surface area contributed by atoms with Crippen molar-refractivity contribution in [2.45, 2.75) is 20.3 Å². The van der Waals surface area contributed by atoms with Crippen LogP contribution in [0.25, 0.3) is 21.2 Å². The van der Waals surface area contributed by atoms with Gasteiger partial charge in [0.15, 0.2) is 10.9 Å². The van der Waals surface area contributed by atoms with Gasteiger partial charge in [-0.1, -0.05) is 41.7 Å². The van der Waals surface area contributed by atoms with Gasteiger partial charge in [-0.15, -0.1) is 0 Å². The first-order chi connectivity index (χ1) is 15.6. The van der Waals surface area contributed by atoms with Crippen molar-refractivity contribution >= 4 is 43.6 Å². The standard InChI is InChI=1S/C25H27N3O3S/c1-17-8-9-18(2)23-22(17)26-25(32-23)28(11-5-10-27-12-14-30-15-13-27)24(29)21-16-19-6-3-4-7-20(19)31-21/h3-4,6-9,16H,5,10-15H2,1-2H3. The minimum Gasteiger partial charge on any atom is -0.451 e. The van der Waals surface area contributed by atoms with Crippen LogP contribution in [0.5, 0.6) is 0 Å². The maximum atomic E-state index is 13.6. The van der Waals surface area contributed by atoms with E-state index in [2.05, 4.69) is 30.9 Å². The molecule has 0 atom stereocenters. The molecule has 0 bridgehead atoms. The molecule has 6 nitrogen and oxygen atoms in total. The molecule has 0 radical (unpaired) electrons. The van der Waals surface area contributed by atoms with Gasteiger partial charge in [0, 0.05) is 31.6 Å². The smallest absolute Gasteiger partial charge is 0.295 e. The molecular formula is C25H27N3O3S. The Balaban J connectivity index is 1.45. The highest BCUT2D eigenvalue weighted by Crippen LogP contribution is 2.34. The molecule has 0 spiro atoms. The van der Waals surface area contributed by atoms with E-state index in [1.807, 2.05) is 30.3 Å². The number of carbonyl (C=O) groups is 1. The topological polar surface area (TPSA) is 58.8 Å². The summed E-state index contributed by atoms with van der Waals surface area (Å²) in [5, 5.41) is 1.66. The molecule has 166 valence electrons. The highest BCUT2D eigenvalue weighted by molar-refractivity contribution is 7.22. The van der Waals surface area contributed by atoms with Gasteiger partial charge in [-0.25, -0.2) is 4.98 Å². The number of ether oxygens (including phenoxy) is 1. The van der Waals surface area contributed by atoms with Crippen LogP contribution in [0.4, 0.5) is 5.13 Å². The Morgan fingerprint density at radius 3 is 2.69 bits per heavy atom. The molecule has 1 fully saturated rings. The van der Waals surface area contributed by atoms with Gasteiger partial charge in [-0.3, -0.25) is 14.6 Å². The Labute approximate surface area is 191 Å². The molecule has 4 aromatic rings. The summed E-state index contributed by atoms with van der Waals surface area (Å²) in [4.78, 5) is 22.7. The molecule has 3 heterocycles. The number of amides is 1. The van der Waals surface area contributed by atoms with Crippen LogP contribution < -0.4 is 4.90 Å². The molecule has 7 heteroatoms. The summed E-state index contributed by atoms with van der Waals surface area (Å²) in [6, 6.07) is 13.7. The van der Waals surface area contributed by atoms with Gasteiger partial charge >= 0.3 is 0 Å². The number of aromatic nitrogens is 1. The van der Waals surface area contributed by atoms with Crippen LogP contribution in [0, 0.1) is 13.8 Å². The van der Waals surface area contributed by atoms with Crippen molar-refractivity contribution in [2.75, 3.05) is 44.3 Å². The molecule has 32 heavy (non-hydrogen) atoms. The first-order valence-electron chi connectivity index (χ1n) is 11.1. The van der Waals surface area contributed by atoms with Gasteiger partial charge < -0.3 is 9.15 Å². The summed E-state index contributed by atoms with van der Waals surface area (Å²) in [6.45, 7) is 9.11. The summed E-state index contributed by atoms with van der Waals surface area (Å²) in [5.74, 6) is 0.211. The summed E-state index contributed by atoms with van der Waals surface area (Å²) in [7, 11) is 0. The molecule has 1 amide bonds. The second-order valence-electron chi connectivity index (χ2n) is 8.29. The monoisotopic (exact) mass is 449 g/mol. The molecule has 0 saturated carbocycles. The average Bonchev–Trinajstić information content (AvgIpc) is 3.45. The van der Waals surface area contributed by atoms with E-state index >= 15 is 0 Å². The predicted octanol–water partition coefficient (Wildman–Crippen LogP) is 5.03. The molecule has 5 rings (SSSR count). The Morgan fingerprint density at radius 1 is 1.12 bits per heavy atom. The number of hydrogen-bond donors (Lipinski definition) is 0. The predicted molar refractivity (Wildman–Crippen MR) is 129 cm³/mol. The number of rotatable bonds is 6. The van der Waals surface area contributed by atoms with E-state index in [0.29, 0.717) is 12.3 Å². The third-order valence-corrected chi connectivity index (χ3v) is 7.22. The lowest BCUT2D eigenvalue weighted by Gasteiger charge is -2.27. The second kappa shape index (κ2) is 9.02. The van der Waals surface area contributed by atoms with E-state index in [0.717, 1.165) is 71.1 Å². The molecule has 0 aliphatic carbocycles. The lowest BCUT2D eigenvalue weighted by Crippen LogP contribution is -2.39. The maximum absolute atomic E-state index is 13.6. The quantitative estimate of drug-likeness (QED) is 0.413. The minimum absolute atomic E-state index is 0.141. The Hall–Kier alpha value is -2.74. The van der Waals surface area contributed by atoms with Crippen molar-refractivity contribution in [1.29, 1.82) is 0 Å². The van der Waals surface area contributed by atoms with Gasteiger partial charge in [0.2, 0.25) is 0 Å². The first-order valence-corrected chi connectivity index (χ1v) is 11.9. The van der Waals surface area contributed by atoms with E-state index in [-0.39, 0.29) is 5.91 Å². The van der Waals surface area contributed by atoms with Crippen molar-refractivity contribution in [1.82, 2.24) is 9.88 Å². The third-order valence-electron chi connectivity index (χ3n) is 6.00. The molecule has 0 unspecified atom stereocenters. The number of anilines is 1. The van der Waals surface area contributed by atoms with Crippen molar-refractivity contribution in [3.8, 4) is 0 Å². The van der Waals surface area contributed by atoms with Crippen LogP contribution in [0.1, 0.15) is 28.1 Å². The normalized spacial score (nSPS) is 14.9. The maximum Gasteiger partial charge on any atom is 0.295 e. The Bertz CT molecular complexity index is 1180. The number of aryl methyl sites for hydroxylation is 2. The van der Waals surface area contributed by atoms with Gasteiger partial charge in [-0.2, -0.15) is 0 Å². The van der Waals surface area contributed by atoms with Crippen molar-refractivity contribution in [3.05, 3.63) is 59.4 Å². The zero-order chi connectivity index (χ0) is 22.1. The van der Waals surface area contributed by atoms with Gasteiger partial charge in [-0.05, 0) is 43.5 Å². The molecule has 1 saturated heterocycles. The largest absolute Gasteiger partial charge is 0.451 e. The van der Waals surface area contributed by atoms with E-state index in [1.54, 1.807) is 16.2 Å². The average molecular weight is 450 g/mol. The van der Waals surface area contributed by atoms with Crippen LogP contribution in [0.2, 0.25) is 0 Å². The van der Waals surface area contributed by atoms with Gasteiger partial charge in [0.25, 0.3) is 5.91 Å². The number of thiazole rings is 1. The molecule has 1 aliphatic rings. The van der Waals surface area contributed by atoms with E-state index < -0.39 is 0 Å². The van der Waals surface area contributed by atoms with E-state index in [1.165, 1.54) is 5.56 Å². The summed E-state index contributed by atoms with van der Waals surface area (Å²) >= 11 is 1.58. The third kappa shape index (κ3) is 4.16. The van der Waals surface area contributed by atoms with Crippen LogP contribution in [0.15, 0.2) is 46.9 Å². The highest BCUT2D eigenvalue weighted by Gasteiger charge is 2.25. The highest BCUT2D eigenvalue weighted by atomic mass is 32.1. The zero-order valence-electron chi connectivity index (χ0n) is 18.5. The Kier molecular flexibility index (Phi) is 5.95. The lowest BCUT2D eigenvalue weighted by atomic mass is 10.1. The number of benzene rings is 2. The van der Waals surface area contributed by atoms with E-state index in [4.69, 9.17) is 14.1 Å². The second-order valence-corrected chi connectivity index (χ2v) is 9.26. The molecule has 0 N–H and O–H groups in total. The number of hydrogen-bond acceptors (Lipinski definition) is 6. The fourth-order valence-corrected chi connectivity index (χ4v) is 5.28. The summed E-state index contributed by atoms with van der Waals surface area (Å²) in [5.41, 5.74) is 4.00. The van der Waals surface area contributed by atoms with Crippen LogP contribution in [-0.4, -0.2) is 55.2 Å². The number of fused-ring (bicyclic) bond motifs is 2. The van der Waals surface area contributed by atoms with Crippen LogP contribution >= 0.6 is 11.3 Å². The molecule has 2 aromatic carbocycles. The minimum atomic E-state index is -0.141. The number of nitrogens with zero attached hydrogens (tertiary/aromatic N) is 3. The van der Waals surface area contributed by atoms with Gasteiger partial charge in [0.05, 0.1) is 23.4 Å². The van der Waals surface area contributed by atoms with Crippen LogP contribution in [-0.2, 0) is 4.74 Å². The van der Waals surface area contributed by atoms with Crippen molar-refractivity contribution < 1.29 is 13.9 Å².